The molecule has 0 fully saturated rings. The summed E-state index contributed by atoms with van der Waals surface area (Å²) in [5, 5.41) is 8.98. The lowest BCUT2D eigenvalue weighted by molar-refractivity contribution is 0.592. The quantitative estimate of drug-likeness (QED) is 0.696. The van der Waals surface area contributed by atoms with Gasteiger partial charge in [0.05, 0.1) is 12.0 Å². The van der Waals surface area contributed by atoms with Crippen LogP contribution in [0.1, 0.15) is 51.0 Å². The summed E-state index contributed by atoms with van der Waals surface area (Å²) in [6.45, 7) is 8.20. The number of hydrogen-bond donors (Lipinski definition) is 0. The van der Waals surface area contributed by atoms with Gasteiger partial charge >= 0.3 is 0 Å². The van der Waals surface area contributed by atoms with E-state index in [1.54, 1.807) is 6.33 Å². The lowest BCUT2D eigenvalue weighted by atomic mass is 10.1. The summed E-state index contributed by atoms with van der Waals surface area (Å²) < 4.78 is 1.91. The third kappa shape index (κ3) is 1.72. The van der Waals surface area contributed by atoms with E-state index in [1.165, 1.54) is 0 Å². The Morgan fingerprint density at radius 2 is 2.00 bits per heavy atom. The van der Waals surface area contributed by atoms with Crippen LogP contribution in [0, 0.1) is 11.3 Å². The topological polar surface area (TPSA) is 41.6 Å². The number of aromatic nitrogens is 2. The standard InChI is InChI=1S/C10H15N3/c1-7(2)10-9(5-11)13(6-12-10)8(3)4/h6-8H,1-4H3. The Morgan fingerprint density at radius 1 is 1.38 bits per heavy atom. The molecule has 0 aliphatic rings. The van der Waals surface area contributed by atoms with Gasteiger partial charge in [0.15, 0.2) is 0 Å². The highest BCUT2D eigenvalue weighted by atomic mass is 15.1. The van der Waals surface area contributed by atoms with Gasteiger partial charge in [0.25, 0.3) is 0 Å². The summed E-state index contributed by atoms with van der Waals surface area (Å²) in [4.78, 5) is 4.25. The van der Waals surface area contributed by atoms with Gasteiger partial charge in [-0.15, -0.1) is 0 Å². The highest BCUT2D eigenvalue weighted by molar-refractivity contribution is 5.29. The molecule has 1 aromatic rings. The maximum absolute atomic E-state index is 8.98. The molecule has 0 aliphatic heterocycles. The van der Waals surface area contributed by atoms with Gasteiger partial charge in [-0.2, -0.15) is 5.26 Å². The van der Waals surface area contributed by atoms with E-state index in [0.717, 1.165) is 5.69 Å². The van der Waals surface area contributed by atoms with Crippen LogP contribution < -0.4 is 0 Å². The first-order chi connectivity index (χ1) is 6.07. The minimum atomic E-state index is 0.301. The zero-order valence-corrected chi connectivity index (χ0v) is 8.57. The molecule has 0 atom stereocenters. The molecule has 0 saturated heterocycles. The molecule has 0 bridgehead atoms. The summed E-state index contributed by atoms with van der Waals surface area (Å²) in [6, 6.07) is 2.51. The summed E-state index contributed by atoms with van der Waals surface area (Å²) in [5.41, 5.74) is 1.60. The number of nitriles is 1. The van der Waals surface area contributed by atoms with Gasteiger partial charge in [-0.05, 0) is 19.8 Å². The highest BCUT2D eigenvalue weighted by Crippen LogP contribution is 2.19. The van der Waals surface area contributed by atoms with Crippen molar-refractivity contribution in [3.8, 4) is 6.07 Å². The van der Waals surface area contributed by atoms with Gasteiger partial charge in [0, 0.05) is 6.04 Å². The summed E-state index contributed by atoms with van der Waals surface area (Å²) in [6.07, 6.45) is 1.75. The SMILES string of the molecule is CC(C)c1ncn(C(C)C)c1C#N. The third-order valence-electron chi connectivity index (χ3n) is 2.03. The molecule has 0 saturated carbocycles. The van der Waals surface area contributed by atoms with Crippen LogP contribution in [0.25, 0.3) is 0 Å². The average Bonchev–Trinajstić information content (AvgIpc) is 2.46. The van der Waals surface area contributed by atoms with Gasteiger partial charge in [-0.25, -0.2) is 4.98 Å². The Bertz CT molecular complexity index is 303. The van der Waals surface area contributed by atoms with Crippen LogP contribution in [-0.2, 0) is 0 Å². The fourth-order valence-corrected chi connectivity index (χ4v) is 1.30. The molecular formula is C10H15N3. The van der Waals surface area contributed by atoms with Crippen molar-refractivity contribution < 1.29 is 0 Å². The van der Waals surface area contributed by atoms with E-state index in [9.17, 15) is 0 Å². The highest BCUT2D eigenvalue weighted by Gasteiger charge is 2.14. The maximum Gasteiger partial charge on any atom is 0.143 e. The lowest BCUT2D eigenvalue weighted by Crippen LogP contribution is -2.03. The number of hydrogen-bond acceptors (Lipinski definition) is 2. The van der Waals surface area contributed by atoms with Crippen LogP contribution in [0.5, 0.6) is 0 Å². The Morgan fingerprint density at radius 3 is 2.38 bits per heavy atom. The largest absolute Gasteiger partial charge is 0.320 e. The second-order valence-electron chi connectivity index (χ2n) is 3.75. The van der Waals surface area contributed by atoms with Gasteiger partial charge < -0.3 is 4.57 Å². The van der Waals surface area contributed by atoms with E-state index < -0.39 is 0 Å². The van der Waals surface area contributed by atoms with Crippen LogP contribution in [0.3, 0.4) is 0 Å². The second-order valence-corrected chi connectivity index (χ2v) is 3.75. The Kier molecular flexibility index (Phi) is 2.72. The van der Waals surface area contributed by atoms with Crippen molar-refractivity contribution in [2.24, 2.45) is 0 Å². The fourth-order valence-electron chi connectivity index (χ4n) is 1.30. The molecular weight excluding hydrogens is 162 g/mol. The minimum Gasteiger partial charge on any atom is -0.320 e. The minimum absolute atomic E-state index is 0.301. The predicted octanol–water partition coefficient (Wildman–Crippen LogP) is 2.46. The Labute approximate surface area is 79.0 Å². The van der Waals surface area contributed by atoms with E-state index >= 15 is 0 Å². The molecule has 3 nitrogen and oxygen atoms in total. The van der Waals surface area contributed by atoms with Crippen molar-refractivity contribution >= 4 is 0 Å². The van der Waals surface area contributed by atoms with E-state index in [0.29, 0.717) is 17.7 Å². The first kappa shape index (κ1) is 9.79. The van der Waals surface area contributed by atoms with E-state index in [4.69, 9.17) is 5.26 Å². The number of nitrogens with zero attached hydrogens (tertiary/aromatic N) is 3. The molecule has 1 heterocycles. The van der Waals surface area contributed by atoms with Gasteiger partial charge in [0.2, 0.25) is 0 Å². The fraction of sp³-hybridized carbons (Fsp3) is 0.600. The molecule has 70 valence electrons. The smallest absolute Gasteiger partial charge is 0.143 e. The first-order valence-electron chi connectivity index (χ1n) is 4.54. The molecule has 0 aliphatic carbocycles. The van der Waals surface area contributed by atoms with Crippen LogP contribution in [-0.4, -0.2) is 9.55 Å². The normalized spacial score (nSPS) is 10.8. The van der Waals surface area contributed by atoms with Gasteiger partial charge in [0.1, 0.15) is 11.8 Å². The van der Waals surface area contributed by atoms with Crippen molar-refractivity contribution in [3.05, 3.63) is 17.7 Å². The van der Waals surface area contributed by atoms with Crippen LogP contribution in [0.2, 0.25) is 0 Å². The molecule has 0 aromatic carbocycles. The predicted molar refractivity (Wildman–Crippen MR) is 51.4 cm³/mol. The number of imidazole rings is 1. The van der Waals surface area contributed by atoms with Crippen molar-refractivity contribution in [2.75, 3.05) is 0 Å². The Balaban J connectivity index is 3.21. The monoisotopic (exact) mass is 177 g/mol. The first-order valence-corrected chi connectivity index (χ1v) is 4.54. The second kappa shape index (κ2) is 3.61. The van der Waals surface area contributed by atoms with Gasteiger partial charge in [-0.3, -0.25) is 0 Å². The molecule has 0 radical (unpaired) electrons. The van der Waals surface area contributed by atoms with E-state index in [2.05, 4.69) is 11.1 Å². The van der Waals surface area contributed by atoms with E-state index in [1.807, 2.05) is 32.3 Å². The van der Waals surface area contributed by atoms with Crippen LogP contribution >= 0.6 is 0 Å². The van der Waals surface area contributed by atoms with Crippen LogP contribution in [0.15, 0.2) is 6.33 Å². The molecule has 0 unspecified atom stereocenters. The average molecular weight is 177 g/mol. The molecule has 3 heteroatoms. The molecule has 13 heavy (non-hydrogen) atoms. The zero-order valence-electron chi connectivity index (χ0n) is 8.57. The van der Waals surface area contributed by atoms with Gasteiger partial charge in [-0.1, -0.05) is 13.8 Å². The maximum atomic E-state index is 8.98. The molecule has 0 N–H and O–H groups in total. The third-order valence-corrected chi connectivity index (χ3v) is 2.03. The summed E-state index contributed by atoms with van der Waals surface area (Å²) in [5.74, 6) is 0.314. The summed E-state index contributed by atoms with van der Waals surface area (Å²) in [7, 11) is 0. The van der Waals surface area contributed by atoms with Crippen LogP contribution in [0.4, 0.5) is 0 Å². The van der Waals surface area contributed by atoms with Crippen molar-refractivity contribution in [1.29, 1.82) is 5.26 Å². The van der Waals surface area contributed by atoms with Crippen molar-refractivity contribution in [3.63, 3.8) is 0 Å². The lowest BCUT2D eigenvalue weighted by Gasteiger charge is -2.08. The zero-order chi connectivity index (χ0) is 10.0. The van der Waals surface area contributed by atoms with Crippen molar-refractivity contribution in [1.82, 2.24) is 9.55 Å². The van der Waals surface area contributed by atoms with Crippen molar-refractivity contribution in [2.45, 2.75) is 39.7 Å². The Hall–Kier alpha value is -1.30. The number of rotatable bonds is 2. The summed E-state index contributed by atoms with van der Waals surface area (Å²) >= 11 is 0. The molecule has 0 spiro atoms. The molecule has 1 rings (SSSR count). The molecule has 1 aromatic heterocycles. The molecule has 0 amide bonds. The van der Waals surface area contributed by atoms with E-state index in [-0.39, 0.29) is 0 Å².